The highest BCUT2D eigenvalue weighted by Gasteiger charge is 2.29. The molecule has 0 spiro atoms. The number of oxazole rings is 1. The number of likely N-dealkylation sites (tertiary alicyclic amines) is 1. The number of carbonyl (C=O) groups excluding carboxylic acids is 3. The summed E-state index contributed by atoms with van der Waals surface area (Å²) in [5.74, 6) is 0.522. The minimum atomic E-state index is -0.312. The Morgan fingerprint density at radius 1 is 1.29 bits per heavy atom. The van der Waals surface area contributed by atoms with Crippen molar-refractivity contribution in [3.05, 3.63) is 66.0 Å². The highest BCUT2D eigenvalue weighted by atomic mass is 32.1. The predicted molar refractivity (Wildman–Crippen MR) is 128 cm³/mol. The largest absolute Gasteiger partial charge is 0.443 e. The number of hydrogen-bond acceptors (Lipinski definition) is 7. The molecule has 4 heterocycles. The first kappa shape index (κ1) is 21.8. The highest BCUT2D eigenvalue weighted by Crippen LogP contribution is 2.30. The van der Waals surface area contributed by atoms with E-state index in [4.69, 9.17) is 4.42 Å². The van der Waals surface area contributed by atoms with Crippen LogP contribution in [0.1, 0.15) is 32.9 Å². The van der Waals surface area contributed by atoms with E-state index >= 15 is 0 Å². The third kappa shape index (κ3) is 4.03. The van der Waals surface area contributed by atoms with Gasteiger partial charge in [-0.05, 0) is 49.2 Å². The first-order chi connectivity index (χ1) is 16.6. The number of fused-ring (bicyclic) bond motifs is 1. The van der Waals surface area contributed by atoms with Crippen LogP contribution < -0.4 is 5.32 Å². The van der Waals surface area contributed by atoms with Crippen molar-refractivity contribution >= 4 is 46.4 Å². The third-order valence-electron chi connectivity index (χ3n) is 5.87. The minimum Gasteiger partial charge on any atom is -0.443 e. The molecule has 5 rings (SSSR count). The van der Waals surface area contributed by atoms with Gasteiger partial charge in [0.1, 0.15) is 6.29 Å². The fourth-order valence-corrected chi connectivity index (χ4v) is 5.09. The first-order valence-electron chi connectivity index (χ1n) is 10.8. The fraction of sp³-hybridized carbons (Fsp3) is 0.208. The SMILES string of the molecule is C=CC(=O)N1CCCC1Cn1c(NC(=O)c2ccc(-c3cnco3)s2)nc2cc(C=O)ccc21. The van der Waals surface area contributed by atoms with Crippen molar-refractivity contribution in [1.29, 1.82) is 0 Å². The number of thiophene rings is 1. The average Bonchev–Trinajstić information content (AvgIpc) is 3.65. The van der Waals surface area contributed by atoms with Gasteiger partial charge in [-0.3, -0.25) is 19.7 Å². The molecule has 1 atom stereocenters. The Labute approximate surface area is 198 Å². The van der Waals surface area contributed by atoms with E-state index in [1.807, 2.05) is 10.6 Å². The van der Waals surface area contributed by atoms with Gasteiger partial charge in [0, 0.05) is 18.7 Å². The Morgan fingerprint density at radius 3 is 2.94 bits per heavy atom. The summed E-state index contributed by atoms with van der Waals surface area (Å²) < 4.78 is 7.20. The van der Waals surface area contributed by atoms with E-state index in [0.29, 0.717) is 40.8 Å². The molecule has 1 N–H and O–H groups in total. The molecule has 172 valence electrons. The lowest BCUT2D eigenvalue weighted by molar-refractivity contribution is -0.126. The van der Waals surface area contributed by atoms with E-state index in [9.17, 15) is 14.4 Å². The smallest absolute Gasteiger partial charge is 0.268 e. The fourth-order valence-electron chi connectivity index (χ4n) is 4.24. The molecule has 3 aromatic heterocycles. The zero-order chi connectivity index (χ0) is 23.7. The Hall–Kier alpha value is -4.05. The zero-order valence-electron chi connectivity index (χ0n) is 18.1. The number of nitrogens with one attached hydrogen (secondary N) is 1. The predicted octanol–water partition coefficient (Wildman–Crippen LogP) is 3.99. The lowest BCUT2D eigenvalue weighted by Gasteiger charge is -2.24. The highest BCUT2D eigenvalue weighted by molar-refractivity contribution is 7.17. The van der Waals surface area contributed by atoms with Gasteiger partial charge in [-0.1, -0.05) is 6.58 Å². The zero-order valence-corrected chi connectivity index (χ0v) is 19.0. The number of nitrogens with zero attached hydrogens (tertiary/aromatic N) is 4. The number of benzene rings is 1. The Balaban J connectivity index is 1.47. The maximum atomic E-state index is 13.1. The maximum absolute atomic E-state index is 13.1. The number of hydrogen-bond donors (Lipinski definition) is 1. The molecule has 1 unspecified atom stereocenters. The topological polar surface area (TPSA) is 110 Å². The standard InChI is InChI=1S/C24H21N5O4S/c1-2-22(31)28-9-3-4-16(28)12-29-18-6-5-15(13-30)10-17(18)26-24(29)27-23(32)21-8-7-20(34-21)19-11-25-14-33-19/h2,5-8,10-11,13-14,16H,1,3-4,9,12H2,(H,26,27,32). The van der Waals surface area contributed by atoms with Crippen LogP contribution in [0.4, 0.5) is 5.95 Å². The van der Waals surface area contributed by atoms with Crippen molar-refractivity contribution in [3.8, 4) is 10.6 Å². The van der Waals surface area contributed by atoms with Gasteiger partial charge in [-0.15, -0.1) is 11.3 Å². The minimum absolute atomic E-state index is 0.0518. The molecule has 1 aromatic carbocycles. The number of carbonyl (C=O) groups is 3. The molecule has 9 nitrogen and oxygen atoms in total. The number of anilines is 1. The van der Waals surface area contributed by atoms with E-state index in [2.05, 4.69) is 21.9 Å². The molecule has 4 aromatic rings. The van der Waals surface area contributed by atoms with E-state index in [1.54, 1.807) is 35.4 Å². The summed E-state index contributed by atoms with van der Waals surface area (Å²) in [6.45, 7) is 4.73. The molecule has 0 saturated carbocycles. The summed E-state index contributed by atoms with van der Waals surface area (Å²) in [5.41, 5.74) is 1.86. The molecule has 1 aliphatic rings. The van der Waals surface area contributed by atoms with E-state index < -0.39 is 0 Å². The summed E-state index contributed by atoms with van der Waals surface area (Å²) in [4.78, 5) is 48.2. The summed E-state index contributed by atoms with van der Waals surface area (Å²) in [6.07, 6.45) is 6.75. The molecule has 34 heavy (non-hydrogen) atoms. The van der Waals surface area contributed by atoms with Crippen LogP contribution in [0.2, 0.25) is 0 Å². The Morgan fingerprint density at radius 2 is 2.18 bits per heavy atom. The number of amides is 2. The number of imidazole rings is 1. The second-order valence-electron chi connectivity index (χ2n) is 7.93. The average molecular weight is 476 g/mol. The van der Waals surface area contributed by atoms with Crippen LogP contribution in [0.3, 0.4) is 0 Å². The van der Waals surface area contributed by atoms with Crippen molar-refractivity contribution in [1.82, 2.24) is 19.4 Å². The van der Waals surface area contributed by atoms with Crippen LogP contribution in [0.25, 0.3) is 21.7 Å². The maximum Gasteiger partial charge on any atom is 0.268 e. The van der Waals surface area contributed by atoms with Crippen molar-refractivity contribution in [2.45, 2.75) is 25.4 Å². The van der Waals surface area contributed by atoms with Crippen molar-refractivity contribution in [3.63, 3.8) is 0 Å². The van der Waals surface area contributed by atoms with Gasteiger partial charge in [0.25, 0.3) is 5.91 Å². The molecule has 2 amide bonds. The second kappa shape index (κ2) is 9.06. The molecule has 0 radical (unpaired) electrons. The summed E-state index contributed by atoms with van der Waals surface area (Å²) in [6, 6.07) is 8.67. The van der Waals surface area contributed by atoms with Gasteiger partial charge in [0.2, 0.25) is 11.9 Å². The third-order valence-corrected chi connectivity index (χ3v) is 6.97. The van der Waals surface area contributed by atoms with Crippen LogP contribution in [0.5, 0.6) is 0 Å². The summed E-state index contributed by atoms with van der Waals surface area (Å²) >= 11 is 1.28. The Bertz CT molecular complexity index is 1390. The number of aldehydes is 1. The number of aromatic nitrogens is 3. The molecule has 1 saturated heterocycles. The first-order valence-corrected chi connectivity index (χ1v) is 11.6. The van der Waals surface area contributed by atoms with Crippen molar-refractivity contribution < 1.29 is 18.8 Å². The van der Waals surface area contributed by atoms with Crippen LogP contribution in [0, 0.1) is 0 Å². The van der Waals surface area contributed by atoms with Gasteiger partial charge in [-0.2, -0.15) is 0 Å². The van der Waals surface area contributed by atoms with E-state index in [0.717, 1.165) is 29.5 Å². The van der Waals surface area contributed by atoms with Gasteiger partial charge in [-0.25, -0.2) is 9.97 Å². The molecular weight excluding hydrogens is 454 g/mol. The second-order valence-corrected chi connectivity index (χ2v) is 9.01. The van der Waals surface area contributed by atoms with Crippen LogP contribution in [0.15, 0.2) is 60.0 Å². The van der Waals surface area contributed by atoms with E-state index in [-0.39, 0.29) is 17.9 Å². The molecule has 0 bridgehead atoms. The monoisotopic (exact) mass is 475 g/mol. The molecule has 1 aliphatic heterocycles. The van der Waals surface area contributed by atoms with Gasteiger partial charge in [0.15, 0.2) is 12.2 Å². The lowest BCUT2D eigenvalue weighted by atomic mass is 10.2. The quantitative estimate of drug-likeness (QED) is 0.320. The molecule has 10 heteroatoms. The van der Waals surface area contributed by atoms with Crippen molar-refractivity contribution in [2.24, 2.45) is 0 Å². The molecule has 1 fully saturated rings. The van der Waals surface area contributed by atoms with E-state index in [1.165, 1.54) is 23.8 Å². The van der Waals surface area contributed by atoms with Crippen LogP contribution >= 0.6 is 11.3 Å². The Kier molecular flexibility index (Phi) is 5.81. The van der Waals surface area contributed by atoms with Gasteiger partial charge < -0.3 is 13.9 Å². The molecular formula is C24H21N5O4S. The van der Waals surface area contributed by atoms with Crippen LogP contribution in [-0.2, 0) is 11.3 Å². The van der Waals surface area contributed by atoms with Crippen molar-refractivity contribution in [2.75, 3.05) is 11.9 Å². The normalized spacial score (nSPS) is 15.5. The summed E-state index contributed by atoms with van der Waals surface area (Å²) in [7, 11) is 0. The summed E-state index contributed by atoms with van der Waals surface area (Å²) in [5, 5.41) is 2.91. The lowest BCUT2D eigenvalue weighted by Crippen LogP contribution is -2.37. The van der Waals surface area contributed by atoms with Gasteiger partial charge in [0.05, 0.1) is 33.0 Å². The number of rotatable bonds is 7. The van der Waals surface area contributed by atoms with Crippen LogP contribution in [-0.4, -0.2) is 50.1 Å². The molecule has 0 aliphatic carbocycles. The van der Waals surface area contributed by atoms with Gasteiger partial charge >= 0.3 is 0 Å².